The van der Waals surface area contributed by atoms with Gasteiger partial charge in [0.15, 0.2) is 5.96 Å². The minimum Gasteiger partial charge on any atom is -0.383 e. The maximum Gasteiger partial charge on any atom is 0.191 e. The highest BCUT2D eigenvalue weighted by molar-refractivity contribution is 5.79. The first kappa shape index (κ1) is 17.5. The van der Waals surface area contributed by atoms with Crippen molar-refractivity contribution in [2.45, 2.75) is 13.0 Å². The van der Waals surface area contributed by atoms with E-state index in [9.17, 15) is 0 Å². The zero-order valence-corrected chi connectivity index (χ0v) is 13.4. The van der Waals surface area contributed by atoms with Crippen LogP contribution in [-0.2, 0) is 11.3 Å². The molecule has 1 rings (SSSR count). The number of nitrogens with zero attached hydrogens (tertiary/aromatic N) is 4. The largest absolute Gasteiger partial charge is 0.383 e. The number of aliphatic imine (C=N–C) groups is 1. The predicted molar refractivity (Wildman–Crippen MR) is 85.6 cm³/mol. The molecule has 0 saturated heterocycles. The molecule has 2 N–H and O–H groups in total. The molecule has 0 saturated carbocycles. The second kappa shape index (κ2) is 11.1. The first-order valence-electron chi connectivity index (χ1n) is 7.35. The number of methoxy groups -OCH3 is 1. The van der Waals surface area contributed by atoms with Crippen LogP contribution in [0.1, 0.15) is 6.42 Å². The van der Waals surface area contributed by atoms with E-state index in [4.69, 9.17) is 4.74 Å². The summed E-state index contributed by atoms with van der Waals surface area (Å²) in [5, 5.41) is 10.8. The highest BCUT2D eigenvalue weighted by Gasteiger charge is 2.00. The zero-order chi connectivity index (χ0) is 15.3. The Labute approximate surface area is 127 Å². The molecule has 0 bridgehead atoms. The molecular formula is C14H28N6O. The van der Waals surface area contributed by atoms with E-state index < -0.39 is 0 Å². The molecule has 0 aliphatic carbocycles. The lowest BCUT2D eigenvalue weighted by Crippen LogP contribution is -2.41. The minimum atomic E-state index is 0.761. The van der Waals surface area contributed by atoms with Gasteiger partial charge in [0.05, 0.1) is 6.61 Å². The molecule has 0 radical (unpaired) electrons. The zero-order valence-electron chi connectivity index (χ0n) is 13.4. The van der Waals surface area contributed by atoms with E-state index in [1.807, 2.05) is 16.9 Å². The lowest BCUT2D eigenvalue weighted by Gasteiger charge is -2.17. The fourth-order valence-corrected chi connectivity index (χ4v) is 1.83. The second-order valence-corrected chi connectivity index (χ2v) is 4.84. The van der Waals surface area contributed by atoms with Crippen LogP contribution >= 0.6 is 0 Å². The molecule has 0 fully saturated rings. The molecule has 1 heterocycles. The van der Waals surface area contributed by atoms with Crippen molar-refractivity contribution in [3.63, 3.8) is 0 Å². The second-order valence-electron chi connectivity index (χ2n) is 4.84. The smallest absolute Gasteiger partial charge is 0.191 e. The molecule has 0 amide bonds. The Hall–Kier alpha value is -1.60. The molecule has 7 nitrogen and oxygen atoms in total. The summed E-state index contributed by atoms with van der Waals surface area (Å²) in [6, 6.07) is 1.94. The first-order chi connectivity index (χ1) is 10.3. The maximum absolute atomic E-state index is 5.05. The van der Waals surface area contributed by atoms with Gasteiger partial charge in [0.25, 0.3) is 0 Å². The number of guanidine groups is 1. The van der Waals surface area contributed by atoms with E-state index in [0.29, 0.717) is 0 Å². The van der Waals surface area contributed by atoms with E-state index in [1.54, 1.807) is 20.4 Å². The Bertz CT molecular complexity index is 379. The Morgan fingerprint density at radius 3 is 2.81 bits per heavy atom. The van der Waals surface area contributed by atoms with E-state index in [1.165, 1.54) is 0 Å². The van der Waals surface area contributed by atoms with Gasteiger partial charge in [-0.05, 0) is 19.5 Å². The van der Waals surface area contributed by atoms with E-state index in [0.717, 1.165) is 51.7 Å². The highest BCUT2D eigenvalue weighted by atomic mass is 16.5. The molecule has 120 valence electrons. The number of aromatic nitrogens is 2. The van der Waals surface area contributed by atoms with Crippen LogP contribution in [0.3, 0.4) is 0 Å². The molecule has 0 atom stereocenters. The number of hydrogen-bond donors (Lipinski definition) is 2. The van der Waals surface area contributed by atoms with Gasteiger partial charge in [-0.2, -0.15) is 5.10 Å². The van der Waals surface area contributed by atoms with Crippen molar-refractivity contribution >= 4 is 5.96 Å². The SMILES string of the molecule is CN=C(NCCCn1cccn1)NCCN(C)CCOC. The van der Waals surface area contributed by atoms with Gasteiger partial charge in [-0.1, -0.05) is 0 Å². The van der Waals surface area contributed by atoms with Crippen molar-refractivity contribution in [3.05, 3.63) is 18.5 Å². The average molecular weight is 296 g/mol. The van der Waals surface area contributed by atoms with Crippen LogP contribution in [0.5, 0.6) is 0 Å². The van der Waals surface area contributed by atoms with Crippen molar-refractivity contribution < 1.29 is 4.74 Å². The van der Waals surface area contributed by atoms with Crippen molar-refractivity contribution in [3.8, 4) is 0 Å². The third-order valence-electron chi connectivity index (χ3n) is 3.10. The van der Waals surface area contributed by atoms with Gasteiger partial charge in [-0.15, -0.1) is 0 Å². The Morgan fingerprint density at radius 2 is 2.14 bits per heavy atom. The summed E-state index contributed by atoms with van der Waals surface area (Å²) < 4.78 is 6.99. The summed E-state index contributed by atoms with van der Waals surface area (Å²) in [6.45, 7) is 5.30. The molecule has 0 aliphatic heterocycles. The van der Waals surface area contributed by atoms with E-state index in [2.05, 4.69) is 32.7 Å². The van der Waals surface area contributed by atoms with Crippen LogP contribution in [0.4, 0.5) is 0 Å². The van der Waals surface area contributed by atoms with Crippen molar-refractivity contribution in [1.82, 2.24) is 25.3 Å². The summed E-state index contributed by atoms with van der Waals surface area (Å²) in [7, 11) is 5.60. The molecule has 21 heavy (non-hydrogen) atoms. The fourth-order valence-electron chi connectivity index (χ4n) is 1.83. The van der Waals surface area contributed by atoms with Gasteiger partial charge in [0, 0.05) is 59.3 Å². The maximum atomic E-state index is 5.05. The number of rotatable bonds is 10. The minimum absolute atomic E-state index is 0.761. The van der Waals surface area contributed by atoms with Gasteiger partial charge in [0.1, 0.15) is 0 Å². The molecule has 0 spiro atoms. The molecule has 1 aromatic rings. The summed E-state index contributed by atoms with van der Waals surface area (Å²) in [6.07, 6.45) is 4.78. The summed E-state index contributed by atoms with van der Waals surface area (Å²) in [5.74, 6) is 0.843. The Kier molecular flexibility index (Phi) is 9.23. The number of ether oxygens (including phenoxy) is 1. The topological polar surface area (TPSA) is 66.7 Å². The van der Waals surface area contributed by atoms with Crippen molar-refractivity contribution in [2.75, 3.05) is 54.0 Å². The fraction of sp³-hybridized carbons (Fsp3) is 0.714. The van der Waals surface area contributed by atoms with Gasteiger partial charge in [0.2, 0.25) is 0 Å². The van der Waals surface area contributed by atoms with Crippen molar-refractivity contribution in [1.29, 1.82) is 0 Å². The Morgan fingerprint density at radius 1 is 1.33 bits per heavy atom. The lowest BCUT2D eigenvalue weighted by atomic mass is 10.4. The van der Waals surface area contributed by atoms with Crippen LogP contribution in [0.15, 0.2) is 23.5 Å². The van der Waals surface area contributed by atoms with E-state index >= 15 is 0 Å². The van der Waals surface area contributed by atoms with Crippen LogP contribution in [0.2, 0.25) is 0 Å². The van der Waals surface area contributed by atoms with Crippen LogP contribution in [0.25, 0.3) is 0 Å². The summed E-state index contributed by atoms with van der Waals surface area (Å²) in [4.78, 5) is 6.43. The number of aryl methyl sites for hydroxylation is 1. The first-order valence-corrected chi connectivity index (χ1v) is 7.35. The molecule has 1 aromatic heterocycles. The molecule has 0 unspecified atom stereocenters. The predicted octanol–water partition coefficient (Wildman–Crippen LogP) is 0.0164. The van der Waals surface area contributed by atoms with Gasteiger partial charge in [-0.25, -0.2) is 0 Å². The quantitative estimate of drug-likeness (QED) is 0.362. The number of likely N-dealkylation sites (N-methyl/N-ethyl adjacent to an activating group) is 1. The van der Waals surface area contributed by atoms with Gasteiger partial charge in [-0.3, -0.25) is 9.67 Å². The van der Waals surface area contributed by atoms with Crippen LogP contribution in [-0.4, -0.2) is 74.6 Å². The standard InChI is InChI=1S/C14H28N6O/c1-15-14(17-8-11-19(2)12-13-21-3)16-6-4-9-20-10-5-7-18-20/h5,7,10H,4,6,8-9,11-13H2,1-3H3,(H2,15,16,17). The molecule has 0 aromatic carbocycles. The van der Waals surface area contributed by atoms with Gasteiger partial charge < -0.3 is 20.3 Å². The Balaban J connectivity index is 2.06. The number of nitrogens with one attached hydrogen (secondary N) is 2. The van der Waals surface area contributed by atoms with E-state index in [-0.39, 0.29) is 0 Å². The molecule has 0 aliphatic rings. The van der Waals surface area contributed by atoms with Crippen LogP contribution < -0.4 is 10.6 Å². The average Bonchev–Trinajstić information content (AvgIpc) is 3.00. The highest BCUT2D eigenvalue weighted by Crippen LogP contribution is 1.88. The normalized spacial score (nSPS) is 11.9. The van der Waals surface area contributed by atoms with Crippen LogP contribution in [0, 0.1) is 0 Å². The summed E-state index contributed by atoms with van der Waals surface area (Å²) >= 11 is 0. The third-order valence-corrected chi connectivity index (χ3v) is 3.10. The monoisotopic (exact) mass is 296 g/mol. The molecule has 7 heteroatoms. The molecular weight excluding hydrogens is 268 g/mol. The number of hydrogen-bond acceptors (Lipinski definition) is 4. The van der Waals surface area contributed by atoms with Gasteiger partial charge >= 0.3 is 0 Å². The van der Waals surface area contributed by atoms with Crippen molar-refractivity contribution in [2.24, 2.45) is 4.99 Å². The summed E-state index contributed by atoms with van der Waals surface area (Å²) in [5.41, 5.74) is 0. The lowest BCUT2D eigenvalue weighted by molar-refractivity contribution is 0.162. The third kappa shape index (κ3) is 8.31.